The van der Waals surface area contributed by atoms with Crippen LogP contribution in [0.25, 0.3) is 0 Å². The van der Waals surface area contributed by atoms with Crippen LogP contribution in [0.5, 0.6) is 0 Å². The van der Waals surface area contributed by atoms with Crippen molar-refractivity contribution in [1.82, 2.24) is 10.6 Å². The molecule has 0 aliphatic carbocycles. The molecule has 1 aromatic carbocycles. The summed E-state index contributed by atoms with van der Waals surface area (Å²) in [4.78, 5) is 4.14. The zero-order valence-electron chi connectivity index (χ0n) is 13.0. The highest BCUT2D eigenvalue weighted by Gasteiger charge is 2.28. The first kappa shape index (κ1) is 16.8. The maximum atomic E-state index is 11.5. The Hall–Kier alpha value is -1.60. The first-order valence-corrected chi connectivity index (χ1v) is 9.11. The van der Waals surface area contributed by atoms with Crippen molar-refractivity contribution in [2.45, 2.75) is 18.6 Å². The van der Waals surface area contributed by atoms with Gasteiger partial charge in [0.1, 0.15) is 0 Å². The zero-order valence-corrected chi connectivity index (χ0v) is 13.8. The third kappa shape index (κ3) is 4.71. The molecule has 0 aromatic heterocycles. The van der Waals surface area contributed by atoms with Crippen LogP contribution in [0.3, 0.4) is 0 Å². The van der Waals surface area contributed by atoms with E-state index < -0.39 is 9.84 Å². The van der Waals surface area contributed by atoms with Crippen molar-refractivity contribution in [3.05, 3.63) is 35.9 Å². The number of sulfone groups is 1. The number of ether oxygens (including phenoxy) is 1. The molecule has 1 aromatic rings. The summed E-state index contributed by atoms with van der Waals surface area (Å²) in [6.07, 6.45) is 0.530. The minimum Gasteiger partial charge on any atom is -0.375 e. The molecule has 2 unspecified atom stereocenters. The zero-order chi connectivity index (χ0) is 16.0. The molecule has 2 N–H and O–H groups in total. The molecule has 22 heavy (non-hydrogen) atoms. The Morgan fingerprint density at radius 1 is 1.41 bits per heavy atom. The monoisotopic (exact) mass is 325 g/mol. The first-order chi connectivity index (χ1) is 10.5. The summed E-state index contributed by atoms with van der Waals surface area (Å²) in [6.45, 7) is 0.555. The van der Waals surface area contributed by atoms with Gasteiger partial charge in [-0.05, 0) is 12.0 Å². The lowest BCUT2D eigenvalue weighted by molar-refractivity contribution is 0.106. The molecule has 2 rings (SSSR count). The highest BCUT2D eigenvalue weighted by atomic mass is 32.2. The Morgan fingerprint density at radius 2 is 2.14 bits per heavy atom. The van der Waals surface area contributed by atoms with E-state index in [0.717, 1.165) is 5.56 Å². The third-order valence-electron chi connectivity index (χ3n) is 3.71. The second-order valence-corrected chi connectivity index (χ2v) is 7.56. The second-order valence-electron chi connectivity index (χ2n) is 5.33. The maximum Gasteiger partial charge on any atom is 0.191 e. The summed E-state index contributed by atoms with van der Waals surface area (Å²) in [5.41, 5.74) is 1.08. The lowest BCUT2D eigenvalue weighted by Gasteiger charge is -2.20. The summed E-state index contributed by atoms with van der Waals surface area (Å²) < 4.78 is 28.5. The number of rotatable bonds is 5. The summed E-state index contributed by atoms with van der Waals surface area (Å²) in [5, 5.41) is 6.35. The van der Waals surface area contributed by atoms with Gasteiger partial charge < -0.3 is 15.4 Å². The van der Waals surface area contributed by atoms with Crippen LogP contribution in [0, 0.1) is 0 Å². The van der Waals surface area contributed by atoms with Crippen molar-refractivity contribution in [2.75, 3.05) is 32.2 Å². The molecule has 0 amide bonds. The number of benzene rings is 1. The average Bonchev–Trinajstić information content (AvgIpc) is 2.86. The summed E-state index contributed by atoms with van der Waals surface area (Å²) in [6, 6.07) is 9.85. The van der Waals surface area contributed by atoms with E-state index in [1.54, 1.807) is 14.2 Å². The predicted molar refractivity (Wildman–Crippen MR) is 87.7 cm³/mol. The van der Waals surface area contributed by atoms with Crippen LogP contribution in [-0.4, -0.2) is 52.6 Å². The van der Waals surface area contributed by atoms with Crippen LogP contribution in [-0.2, 0) is 14.6 Å². The molecule has 1 saturated heterocycles. The van der Waals surface area contributed by atoms with Crippen molar-refractivity contribution in [2.24, 2.45) is 4.99 Å². The van der Waals surface area contributed by atoms with Gasteiger partial charge in [-0.2, -0.15) is 0 Å². The second kappa shape index (κ2) is 7.60. The fraction of sp³-hybridized carbons (Fsp3) is 0.533. The van der Waals surface area contributed by atoms with E-state index >= 15 is 0 Å². The number of methoxy groups -OCH3 is 1. The molecule has 6 nitrogen and oxygen atoms in total. The fourth-order valence-corrected chi connectivity index (χ4v) is 4.16. The van der Waals surface area contributed by atoms with Crippen LogP contribution in [0.4, 0.5) is 0 Å². The molecule has 0 radical (unpaired) electrons. The Balaban J connectivity index is 1.88. The normalized spacial score (nSPS) is 22.3. The molecule has 0 bridgehead atoms. The van der Waals surface area contributed by atoms with Crippen molar-refractivity contribution >= 4 is 15.8 Å². The number of hydrogen-bond acceptors (Lipinski definition) is 4. The van der Waals surface area contributed by atoms with Gasteiger partial charge in [0.05, 0.1) is 17.6 Å². The topological polar surface area (TPSA) is 79.8 Å². The molecule has 1 aliphatic heterocycles. The fourth-order valence-electron chi connectivity index (χ4n) is 2.49. The summed E-state index contributed by atoms with van der Waals surface area (Å²) in [7, 11) is 0.437. The van der Waals surface area contributed by atoms with Gasteiger partial charge in [-0.15, -0.1) is 0 Å². The van der Waals surface area contributed by atoms with E-state index in [1.807, 2.05) is 30.3 Å². The Bertz CT molecular complexity index is 602. The molecule has 1 fully saturated rings. The van der Waals surface area contributed by atoms with E-state index in [0.29, 0.717) is 18.9 Å². The van der Waals surface area contributed by atoms with Crippen LogP contribution in [0.1, 0.15) is 18.1 Å². The van der Waals surface area contributed by atoms with Crippen molar-refractivity contribution in [1.29, 1.82) is 0 Å². The lowest BCUT2D eigenvalue weighted by Crippen LogP contribution is -2.45. The quantitative estimate of drug-likeness (QED) is 0.616. The molecule has 2 atom stereocenters. The predicted octanol–water partition coefficient (Wildman–Crippen LogP) is 0.726. The Labute approximate surface area is 131 Å². The molecular weight excluding hydrogens is 302 g/mol. The van der Waals surface area contributed by atoms with Gasteiger partial charge in [-0.3, -0.25) is 4.99 Å². The number of guanidine groups is 1. The van der Waals surface area contributed by atoms with Gasteiger partial charge in [0.25, 0.3) is 0 Å². The average molecular weight is 325 g/mol. The molecule has 0 saturated carbocycles. The van der Waals surface area contributed by atoms with E-state index in [-0.39, 0.29) is 23.7 Å². The smallest absolute Gasteiger partial charge is 0.191 e. The Kier molecular flexibility index (Phi) is 5.79. The van der Waals surface area contributed by atoms with Crippen molar-refractivity contribution in [3.63, 3.8) is 0 Å². The highest BCUT2D eigenvalue weighted by molar-refractivity contribution is 7.91. The lowest BCUT2D eigenvalue weighted by atomic mass is 10.1. The van der Waals surface area contributed by atoms with Crippen molar-refractivity contribution in [3.8, 4) is 0 Å². The van der Waals surface area contributed by atoms with Gasteiger partial charge in [-0.1, -0.05) is 30.3 Å². The van der Waals surface area contributed by atoms with Gasteiger partial charge in [-0.25, -0.2) is 8.42 Å². The minimum absolute atomic E-state index is 0.0751. The minimum atomic E-state index is -2.90. The van der Waals surface area contributed by atoms with Crippen LogP contribution < -0.4 is 10.6 Å². The van der Waals surface area contributed by atoms with Gasteiger partial charge in [0, 0.05) is 26.7 Å². The molecule has 7 heteroatoms. The summed E-state index contributed by atoms with van der Waals surface area (Å²) >= 11 is 0. The van der Waals surface area contributed by atoms with Crippen LogP contribution in [0.2, 0.25) is 0 Å². The number of hydrogen-bond donors (Lipinski definition) is 2. The third-order valence-corrected chi connectivity index (χ3v) is 5.48. The Morgan fingerprint density at radius 3 is 2.68 bits per heavy atom. The number of nitrogens with one attached hydrogen (secondary N) is 2. The SMILES string of the molecule is CN=C(NCC(OC)c1ccccc1)NC1CCS(=O)(=O)C1. The molecule has 1 aliphatic rings. The van der Waals surface area contributed by atoms with Crippen LogP contribution in [0.15, 0.2) is 35.3 Å². The van der Waals surface area contributed by atoms with E-state index in [2.05, 4.69) is 15.6 Å². The first-order valence-electron chi connectivity index (χ1n) is 7.29. The molecule has 122 valence electrons. The molecular formula is C15H23N3O3S. The van der Waals surface area contributed by atoms with Gasteiger partial charge >= 0.3 is 0 Å². The van der Waals surface area contributed by atoms with E-state index in [4.69, 9.17) is 4.74 Å². The van der Waals surface area contributed by atoms with Gasteiger partial charge in [0.2, 0.25) is 0 Å². The maximum absolute atomic E-state index is 11.5. The molecule has 1 heterocycles. The number of nitrogens with zero attached hydrogens (tertiary/aromatic N) is 1. The number of aliphatic imine (C=N–C) groups is 1. The summed E-state index contributed by atoms with van der Waals surface area (Å²) in [5.74, 6) is 1.01. The highest BCUT2D eigenvalue weighted by Crippen LogP contribution is 2.15. The van der Waals surface area contributed by atoms with Crippen molar-refractivity contribution < 1.29 is 13.2 Å². The largest absolute Gasteiger partial charge is 0.375 e. The van der Waals surface area contributed by atoms with Gasteiger partial charge in [0.15, 0.2) is 15.8 Å². The van der Waals surface area contributed by atoms with Crippen LogP contribution >= 0.6 is 0 Å². The molecule has 0 spiro atoms. The van der Waals surface area contributed by atoms with E-state index in [9.17, 15) is 8.42 Å². The van der Waals surface area contributed by atoms with E-state index in [1.165, 1.54) is 0 Å². The standard InChI is InChI=1S/C15H23N3O3S/c1-16-15(18-13-8-9-22(19,20)11-13)17-10-14(21-2)12-6-4-3-5-7-12/h3-7,13-14H,8-11H2,1-2H3,(H2,16,17,18).